The number of H-pyrrole nitrogens is 1. The predicted molar refractivity (Wildman–Crippen MR) is 141 cm³/mol. The summed E-state index contributed by atoms with van der Waals surface area (Å²) in [6, 6.07) is 7.66. The van der Waals surface area contributed by atoms with Gasteiger partial charge in [-0.05, 0) is 37.7 Å². The quantitative estimate of drug-likeness (QED) is 0.403. The zero-order chi connectivity index (χ0) is 26.2. The van der Waals surface area contributed by atoms with Crippen LogP contribution in [0.3, 0.4) is 0 Å². The monoisotopic (exact) mass is 521 g/mol. The van der Waals surface area contributed by atoms with Gasteiger partial charge in [0, 0.05) is 18.7 Å². The molecule has 10 nitrogen and oxygen atoms in total. The molecule has 0 unspecified atom stereocenters. The number of hydrogen-bond donors (Lipinski definition) is 1. The van der Waals surface area contributed by atoms with Crippen molar-refractivity contribution in [3.05, 3.63) is 40.4 Å². The number of aryl methyl sites for hydroxylation is 1. The summed E-state index contributed by atoms with van der Waals surface area (Å²) in [7, 11) is 0. The number of nitrogens with zero attached hydrogens (tertiary/aromatic N) is 6. The Bertz CT molecular complexity index is 1490. The SMILES string of the molecule is Cc1cccc(-c2nc(-c3noc(=O)[nH]3)nc3nc(N4CCOC[C@H]4CF)n(C[C@H]4CC[C@H](C)CC4)c23)c1. The van der Waals surface area contributed by atoms with Gasteiger partial charge in [0.25, 0.3) is 0 Å². The Kier molecular flexibility index (Phi) is 6.69. The fourth-order valence-electron chi connectivity index (χ4n) is 5.66. The Labute approximate surface area is 219 Å². The van der Waals surface area contributed by atoms with E-state index in [0.29, 0.717) is 43.0 Å². The highest BCUT2D eigenvalue weighted by atomic mass is 19.1. The van der Waals surface area contributed by atoms with Gasteiger partial charge in [0.1, 0.15) is 17.9 Å². The fraction of sp³-hybridized carbons (Fsp3) is 0.519. The number of benzene rings is 1. The third-order valence-electron chi connectivity index (χ3n) is 7.77. The van der Waals surface area contributed by atoms with Gasteiger partial charge in [-0.15, -0.1) is 0 Å². The van der Waals surface area contributed by atoms with Crippen molar-refractivity contribution >= 4 is 17.1 Å². The molecule has 200 valence electrons. The minimum atomic E-state index is -0.683. The zero-order valence-electron chi connectivity index (χ0n) is 21.7. The molecule has 3 aromatic heterocycles. The number of morpholine rings is 1. The van der Waals surface area contributed by atoms with E-state index < -0.39 is 18.5 Å². The smallest absolute Gasteiger partial charge is 0.377 e. The van der Waals surface area contributed by atoms with E-state index in [1.165, 1.54) is 12.8 Å². The maximum absolute atomic E-state index is 14.1. The highest BCUT2D eigenvalue weighted by Crippen LogP contribution is 2.36. The third kappa shape index (κ3) is 4.70. The van der Waals surface area contributed by atoms with Crippen LogP contribution < -0.4 is 10.7 Å². The van der Waals surface area contributed by atoms with Gasteiger partial charge in [-0.1, -0.05) is 48.7 Å². The summed E-state index contributed by atoms with van der Waals surface area (Å²) < 4.78 is 26.6. The molecule has 0 amide bonds. The number of ether oxygens (including phenoxy) is 1. The zero-order valence-corrected chi connectivity index (χ0v) is 21.7. The van der Waals surface area contributed by atoms with Gasteiger partial charge in [0.2, 0.25) is 17.6 Å². The molecule has 0 bridgehead atoms. The number of alkyl halides is 1. The van der Waals surface area contributed by atoms with E-state index in [2.05, 4.69) is 27.7 Å². The van der Waals surface area contributed by atoms with E-state index in [9.17, 15) is 9.18 Å². The van der Waals surface area contributed by atoms with Crippen molar-refractivity contribution in [1.29, 1.82) is 0 Å². The number of hydrogen-bond acceptors (Lipinski definition) is 8. The average Bonchev–Trinajstić information content (AvgIpc) is 3.53. The van der Waals surface area contributed by atoms with Crippen LogP contribution in [-0.4, -0.2) is 62.1 Å². The lowest BCUT2D eigenvalue weighted by molar-refractivity contribution is 0.0846. The third-order valence-corrected chi connectivity index (χ3v) is 7.77. The first-order valence-electron chi connectivity index (χ1n) is 13.3. The molecule has 1 saturated carbocycles. The maximum atomic E-state index is 14.1. The standard InChI is InChI=1S/C27H32FN7O3/c1-16-6-8-18(9-7-16)14-35-22-21(19-5-3-4-17(2)12-19)29-24(25-32-27(36)38-33-25)30-23(22)31-26(35)34-10-11-37-15-20(34)13-28/h3-5,12,16,18,20H,6-11,13-15H2,1-2H3,(H,32,33,36)/t16-,18-,20-/m1/s1. The molecular formula is C27H32FN7O3. The number of fused-ring (bicyclic) bond motifs is 1. The van der Waals surface area contributed by atoms with Gasteiger partial charge in [-0.3, -0.25) is 9.51 Å². The molecule has 1 aliphatic carbocycles. The van der Waals surface area contributed by atoms with Gasteiger partial charge < -0.3 is 14.2 Å². The summed E-state index contributed by atoms with van der Waals surface area (Å²) in [6.07, 6.45) is 4.66. The highest BCUT2D eigenvalue weighted by Gasteiger charge is 2.31. The molecule has 1 N–H and O–H groups in total. The summed E-state index contributed by atoms with van der Waals surface area (Å²) in [6.45, 7) is 5.90. The minimum Gasteiger partial charge on any atom is -0.377 e. The van der Waals surface area contributed by atoms with Gasteiger partial charge in [-0.25, -0.2) is 19.2 Å². The van der Waals surface area contributed by atoms with Crippen molar-refractivity contribution in [3.8, 4) is 22.9 Å². The molecule has 0 radical (unpaired) electrons. The molecule has 2 fully saturated rings. The molecule has 1 saturated heterocycles. The molecule has 6 rings (SSSR count). The lowest BCUT2D eigenvalue weighted by atomic mass is 9.83. The van der Waals surface area contributed by atoms with Crippen molar-refractivity contribution in [2.24, 2.45) is 11.8 Å². The van der Waals surface area contributed by atoms with Crippen LogP contribution in [0.15, 0.2) is 33.6 Å². The van der Waals surface area contributed by atoms with Gasteiger partial charge >= 0.3 is 5.76 Å². The number of rotatable bonds is 6. The normalized spacial score (nSPS) is 22.3. The summed E-state index contributed by atoms with van der Waals surface area (Å²) in [5.41, 5.74) is 3.94. The van der Waals surface area contributed by atoms with Gasteiger partial charge in [0.15, 0.2) is 5.65 Å². The Morgan fingerprint density at radius 3 is 2.74 bits per heavy atom. The van der Waals surface area contributed by atoms with Crippen LogP contribution in [0.5, 0.6) is 0 Å². The van der Waals surface area contributed by atoms with E-state index in [0.717, 1.165) is 41.9 Å². The molecular weight excluding hydrogens is 489 g/mol. The summed E-state index contributed by atoms with van der Waals surface area (Å²) in [5, 5.41) is 3.81. The Hall–Kier alpha value is -3.60. The second-order valence-electron chi connectivity index (χ2n) is 10.6. The summed E-state index contributed by atoms with van der Waals surface area (Å²) in [4.78, 5) is 30.8. The second-order valence-corrected chi connectivity index (χ2v) is 10.6. The van der Waals surface area contributed by atoms with Crippen molar-refractivity contribution in [1.82, 2.24) is 29.7 Å². The van der Waals surface area contributed by atoms with Crippen molar-refractivity contribution in [2.75, 3.05) is 31.3 Å². The van der Waals surface area contributed by atoms with E-state index in [1.807, 2.05) is 30.0 Å². The molecule has 2 aliphatic rings. The van der Waals surface area contributed by atoms with Gasteiger partial charge in [0.05, 0.1) is 19.3 Å². The topological polar surface area (TPSA) is 115 Å². The predicted octanol–water partition coefficient (Wildman–Crippen LogP) is 4.15. The number of imidazole rings is 1. The van der Waals surface area contributed by atoms with Crippen LogP contribution in [0, 0.1) is 18.8 Å². The Balaban J connectivity index is 1.58. The van der Waals surface area contributed by atoms with E-state index in [-0.39, 0.29) is 11.6 Å². The molecule has 11 heteroatoms. The first-order chi connectivity index (χ1) is 18.5. The Morgan fingerprint density at radius 1 is 1.16 bits per heavy atom. The largest absolute Gasteiger partial charge is 0.439 e. The molecule has 38 heavy (non-hydrogen) atoms. The first-order valence-corrected chi connectivity index (χ1v) is 13.3. The lowest BCUT2D eigenvalue weighted by Crippen LogP contribution is -2.48. The molecule has 1 aromatic carbocycles. The molecule has 1 aliphatic heterocycles. The van der Waals surface area contributed by atoms with Crippen LogP contribution in [0.25, 0.3) is 34.1 Å². The van der Waals surface area contributed by atoms with Crippen LogP contribution >= 0.6 is 0 Å². The average molecular weight is 522 g/mol. The van der Waals surface area contributed by atoms with Crippen LogP contribution in [0.4, 0.5) is 10.3 Å². The summed E-state index contributed by atoms with van der Waals surface area (Å²) >= 11 is 0. The molecule has 4 heterocycles. The van der Waals surface area contributed by atoms with Crippen LogP contribution in [-0.2, 0) is 11.3 Å². The lowest BCUT2D eigenvalue weighted by Gasteiger charge is -2.36. The first kappa shape index (κ1) is 24.7. The maximum Gasteiger partial charge on any atom is 0.439 e. The van der Waals surface area contributed by atoms with Crippen molar-refractivity contribution < 1.29 is 13.7 Å². The number of anilines is 1. The van der Waals surface area contributed by atoms with Crippen molar-refractivity contribution in [2.45, 2.75) is 52.1 Å². The van der Waals surface area contributed by atoms with Crippen LogP contribution in [0.1, 0.15) is 38.2 Å². The highest BCUT2D eigenvalue weighted by molar-refractivity contribution is 5.91. The molecule has 0 spiro atoms. The number of halogens is 1. The molecule has 1 atom stereocenters. The summed E-state index contributed by atoms with van der Waals surface area (Å²) in [5.74, 6) is 1.56. The molecule has 4 aromatic rings. The minimum absolute atomic E-state index is 0.135. The fourth-order valence-corrected chi connectivity index (χ4v) is 5.66. The second kappa shape index (κ2) is 10.3. The van der Waals surface area contributed by atoms with E-state index in [1.54, 1.807) is 0 Å². The number of aromatic amines is 1. The van der Waals surface area contributed by atoms with Gasteiger partial charge in [-0.2, -0.15) is 4.98 Å². The van der Waals surface area contributed by atoms with E-state index >= 15 is 0 Å². The van der Waals surface area contributed by atoms with E-state index in [4.69, 9.17) is 24.2 Å². The number of aromatic nitrogens is 6. The Morgan fingerprint density at radius 2 is 2.00 bits per heavy atom. The number of nitrogens with one attached hydrogen (secondary N) is 1. The van der Waals surface area contributed by atoms with Crippen molar-refractivity contribution in [3.63, 3.8) is 0 Å². The van der Waals surface area contributed by atoms with Crippen LogP contribution in [0.2, 0.25) is 0 Å².